The number of thiazole rings is 1. The molecule has 6 nitrogen and oxygen atoms in total. The van der Waals surface area contributed by atoms with Crippen LogP contribution in [-0.2, 0) is 24.3 Å². The van der Waals surface area contributed by atoms with Crippen LogP contribution >= 0.6 is 22.7 Å². The molecule has 0 radical (unpaired) electrons. The summed E-state index contributed by atoms with van der Waals surface area (Å²) in [6, 6.07) is 12.1. The maximum Gasteiger partial charge on any atom is 0.267 e. The Morgan fingerprint density at radius 3 is 2.44 bits per heavy atom. The molecule has 2 amide bonds. The van der Waals surface area contributed by atoms with E-state index in [1.54, 1.807) is 11.4 Å². The lowest BCUT2D eigenvalue weighted by atomic mass is 10.1. The molecule has 32 heavy (non-hydrogen) atoms. The van der Waals surface area contributed by atoms with Crippen molar-refractivity contribution in [1.29, 1.82) is 0 Å². The molecule has 2 N–H and O–H groups in total. The second-order valence-electron chi connectivity index (χ2n) is 8.04. The zero-order valence-corrected chi connectivity index (χ0v) is 19.6. The zero-order chi connectivity index (χ0) is 22.2. The van der Waals surface area contributed by atoms with Crippen LogP contribution in [0.4, 0.5) is 5.13 Å². The SMILES string of the molecule is O=C(Cc1csc(NC(=O)c2cccs2)n1)NCc1ccc(CN2CCCCCC2)cc1. The molecule has 0 bridgehead atoms. The number of benzene rings is 1. The number of thiophene rings is 1. The number of hydrogen-bond acceptors (Lipinski definition) is 6. The molecule has 0 saturated carbocycles. The third-order valence-electron chi connectivity index (χ3n) is 5.48. The number of rotatable bonds is 8. The van der Waals surface area contributed by atoms with Crippen molar-refractivity contribution in [2.75, 3.05) is 18.4 Å². The van der Waals surface area contributed by atoms with E-state index in [0.717, 1.165) is 12.1 Å². The number of carbonyl (C=O) groups excluding carboxylic acids is 2. The fraction of sp³-hybridized carbons (Fsp3) is 0.375. The number of nitrogens with one attached hydrogen (secondary N) is 2. The Balaban J connectivity index is 1.21. The smallest absolute Gasteiger partial charge is 0.267 e. The van der Waals surface area contributed by atoms with Gasteiger partial charge in [-0.05, 0) is 48.5 Å². The first kappa shape index (κ1) is 22.6. The Kier molecular flexibility index (Phi) is 8.03. The van der Waals surface area contributed by atoms with Gasteiger partial charge in [0.15, 0.2) is 5.13 Å². The minimum absolute atomic E-state index is 0.0833. The number of nitrogens with zero attached hydrogens (tertiary/aromatic N) is 2. The van der Waals surface area contributed by atoms with Gasteiger partial charge in [-0.2, -0.15) is 0 Å². The molecule has 1 fully saturated rings. The van der Waals surface area contributed by atoms with Gasteiger partial charge in [-0.25, -0.2) is 4.98 Å². The molecule has 0 atom stereocenters. The van der Waals surface area contributed by atoms with Crippen molar-refractivity contribution in [3.63, 3.8) is 0 Å². The van der Waals surface area contributed by atoms with Crippen LogP contribution in [0.5, 0.6) is 0 Å². The number of amides is 2. The van der Waals surface area contributed by atoms with Crippen LogP contribution in [0.3, 0.4) is 0 Å². The fourth-order valence-corrected chi connectivity index (χ4v) is 5.08. The molecule has 0 spiro atoms. The lowest BCUT2D eigenvalue weighted by molar-refractivity contribution is -0.120. The molecule has 1 aliphatic heterocycles. The summed E-state index contributed by atoms with van der Waals surface area (Å²) in [6.07, 6.45) is 5.48. The predicted molar refractivity (Wildman–Crippen MR) is 130 cm³/mol. The first-order valence-electron chi connectivity index (χ1n) is 11.0. The number of carbonyl (C=O) groups is 2. The standard InChI is InChI=1S/C24H28N4O2S2/c29-22(14-20-17-32-24(26-20)27-23(30)21-6-5-13-31-21)25-15-18-7-9-19(10-8-18)16-28-11-3-1-2-4-12-28/h5-10,13,17H,1-4,11-12,14-16H2,(H,25,29)(H,26,27,30). The molecule has 0 unspecified atom stereocenters. The summed E-state index contributed by atoms with van der Waals surface area (Å²) in [5, 5.41) is 9.91. The maximum absolute atomic E-state index is 12.3. The van der Waals surface area contributed by atoms with Crippen molar-refractivity contribution in [1.82, 2.24) is 15.2 Å². The lowest BCUT2D eigenvalue weighted by Crippen LogP contribution is -2.25. The Hall–Kier alpha value is -2.55. The van der Waals surface area contributed by atoms with Gasteiger partial charge in [0.2, 0.25) is 5.91 Å². The van der Waals surface area contributed by atoms with E-state index in [0.29, 0.717) is 22.2 Å². The summed E-state index contributed by atoms with van der Waals surface area (Å²) >= 11 is 2.71. The lowest BCUT2D eigenvalue weighted by Gasteiger charge is -2.19. The van der Waals surface area contributed by atoms with Gasteiger partial charge in [-0.15, -0.1) is 22.7 Å². The molecule has 3 heterocycles. The minimum Gasteiger partial charge on any atom is -0.352 e. The molecule has 1 saturated heterocycles. The molecule has 2 aromatic heterocycles. The predicted octanol–water partition coefficient (Wildman–Crippen LogP) is 4.69. The van der Waals surface area contributed by atoms with Crippen LogP contribution in [0.2, 0.25) is 0 Å². The molecular weight excluding hydrogens is 440 g/mol. The summed E-state index contributed by atoms with van der Waals surface area (Å²) in [7, 11) is 0. The van der Waals surface area contributed by atoms with E-state index in [2.05, 4.69) is 44.8 Å². The summed E-state index contributed by atoms with van der Waals surface area (Å²) < 4.78 is 0. The van der Waals surface area contributed by atoms with E-state index < -0.39 is 0 Å². The Bertz CT molecular complexity index is 1010. The highest BCUT2D eigenvalue weighted by Gasteiger charge is 2.12. The Morgan fingerprint density at radius 2 is 1.72 bits per heavy atom. The molecule has 4 rings (SSSR count). The minimum atomic E-state index is -0.176. The van der Waals surface area contributed by atoms with Gasteiger partial charge in [0, 0.05) is 18.5 Å². The molecular formula is C24H28N4O2S2. The zero-order valence-electron chi connectivity index (χ0n) is 18.0. The van der Waals surface area contributed by atoms with Crippen LogP contribution in [-0.4, -0.2) is 34.8 Å². The normalized spacial score (nSPS) is 14.6. The molecule has 0 aliphatic carbocycles. The van der Waals surface area contributed by atoms with E-state index in [4.69, 9.17) is 0 Å². The van der Waals surface area contributed by atoms with E-state index in [9.17, 15) is 9.59 Å². The number of hydrogen-bond donors (Lipinski definition) is 2. The van der Waals surface area contributed by atoms with Crippen LogP contribution in [0.1, 0.15) is 52.2 Å². The summed E-state index contributed by atoms with van der Waals surface area (Å²) in [4.78, 5) is 32.0. The number of likely N-dealkylation sites (tertiary alicyclic amines) is 1. The summed E-state index contributed by atoms with van der Waals surface area (Å²) in [5.74, 6) is -0.260. The Labute approximate surface area is 196 Å². The molecule has 8 heteroatoms. The van der Waals surface area contributed by atoms with Gasteiger partial charge in [0.1, 0.15) is 0 Å². The van der Waals surface area contributed by atoms with Crippen molar-refractivity contribution >= 4 is 39.6 Å². The van der Waals surface area contributed by atoms with Crippen molar-refractivity contribution in [3.8, 4) is 0 Å². The van der Waals surface area contributed by atoms with Crippen molar-refractivity contribution in [3.05, 3.63) is 68.9 Å². The second-order valence-corrected chi connectivity index (χ2v) is 9.84. The third kappa shape index (κ3) is 6.72. The third-order valence-corrected chi connectivity index (χ3v) is 7.15. The highest BCUT2D eigenvalue weighted by atomic mass is 32.1. The van der Waals surface area contributed by atoms with E-state index in [1.807, 2.05) is 11.4 Å². The monoisotopic (exact) mass is 468 g/mol. The first-order valence-corrected chi connectivity index (χ1v) is 12.8. The molecule has 1 aromatic carbocycles. The fourth-order valence-electron chi connectivity index (χ4n) is 3.75. The highest BCUT2D eigenvalue weighted by molar-refractivity contribution is 7.14. The second kappa shape index (κ2) is 11.4. The van der Waals surface area contributed by atoms with Gasteiger partial charge < -0.3 is 5.32 Å². The summed E-state index contributed by atoms with van der Waals surface area (Å²) in [6.45, 7) is 3.87. The average molecular weight is 469 g/mol. The van der Waals surface area contributed by atoms with Gasteiger partial charge >= 0.3 is 0 Å². The van der Waals surface area contributed by atoms with Crippen LogP contribution in [0.25, 0.3) is 0 Å². The van der Waals surface area contributed by atoms with Crippen molar-refractivity contribution in [2.24, 2.45) is 0 Å². The molecule has 168 valence electrons. The van der Waals surface area contributed by atoms with Gasteiger partial charge in [0.05, 0.1) is 17.0 Å². The van der Waals surface area contributed by atoms with Crippen LogP contribution in [0.15, 0.2) is 47.2 Å². The van der Waals surface area contributed by atoms with E-state index >= 15 is 0 Å². The van der Waals surface area contributed by atoms with Crippen molar-refractivity contribution in [2.45, 2.75) is 45.2 Å². The first-order chi connectivity index (χ1) is 15.7. The number of anilines is 1. The topological polar surface area (TPSA) is 74.3 Å². The van der Waals surface area contributed by atoms with Crippen LogP contribution in [0, 0.1) is 0 Å². The van der Waals surface area contributed by atoms with Gasteiger partial charge in [-0.1, -0.05) is 43.2 Å². The van der Waals surface area contributed by atoms with Gasteiger partial charge in [-0.3, -0.25) is 19.8 Å². The average Bonchev–Trinajstić information content (AvgIpc) is 3.42. The van der Waals surface area contributed by atoms with E-state index in [-0.39, 0.29) is 18.2 Å². The van der Waals surface area contributed by atoms with Crippen molar-refractivity contribution < 1.29 is 9.59 Å². The molecule has 1 aliphatic rings. The van der Waals surface area contributed by atoms with E-state index in [1.165, 1.54) is 67.0 Å². The maximum atomic E-state index is 12.3. The number of aromatic nitrogens is 1. The Morgan fingerprint density at radius 1 is 0.969 bits per heavy atom. The highest BCUT2D eigenvalue weighted by Crippen LogP contribution is 2.18. The largest absolute Gasteiger partial charge is 0.352 e. The molecule has 3 aromatic rings. The van der Waals surface area contributed by atoms with Crippen LogP contribution < -0.4 is 10.6 Å². The summed E-state index contributed by atoms with van der Waals surface area (Å²) in [5.41, 5.74) is 3.06. The van der Waals surface area contributed by atoms with Gasteiger partial charge in [0.25, 0.3) is 5.91 Å². The quantitative estimate of drug-likeness (QED) is 0.503.